The molecule has 10 heavy (non-hydrogen) atoms. The van der Waals surface area contributed by atoms with Crippen LogP contribution in [0.4, 0.5) is 5.69 Å². The number of carbonyl (C=O) groups excluding carboxylic acids is 1. The molecule has 0 saturated carbocycles. The van der Waals surface area contributed by atoms with Crippen LogP contribution in [0, 0.1) is 6.92 Å². The average Bonchev–Trinajstić information content (AvgIpc) is 1.98. The lowest BCUT2D eigenvalue weighted by atomic mass is 10.2. The quantitative estimate of drug-likeness (QED) is 0.426. The summed E-state index contributed by atoms with van der Waals surface area (Å²) in [7, 11) is 0. The Balaban J connectivity index is 3.14. The fraction of sp³-hybridized carbons (Fsp3) is 0.125. The first-order chi connectivity index (χ1) is 5.24. The predicted octanol–water partition coefficient (Wildman–Crippen LogP) is 1.96. The van der Waals surface area contributed by atoms with Crippen molar-refractivity contribution in [2.75, 3.05) is 0 Å². The molecule has 0 N–H and O–H groups in total. The third kappa shape index (κ3) is 1.54. The Morgan fingerprint density at radius 2 is 2.40 bits per heavy atom. The molecule has 1 rings (SSSR count). The lowest BCUT2D eigenvalue weighted by molar-refractivity contribution is 0.565. The van der Waals surface area contributed by atoms with E-state index >= 15 is 0 Å². The predicted molar refractivity (Wildman–Crippen MR) is 39.0 cm³/mol. The molecule has 50 valence electrons. The van der Waals surface area contributed by atoms with Gasteiger partial charge in [0.05, 0.1) is 7.06 Å². The van der Waals surface area contributed by atoms with E-state index < -0.39 is 0 Å². The Hall–Kier alpha value is -1.40. The number of hydrogen-bond donors (Lipinski definition) is 0. The number of hydrogen-bond acceptors (Lipinski definition) is 2. The molecule has 0 aliphatic carbocycles. The normalized spacial score (nSPS) is 9.90. The second kappa shape index (κ2) is 2.95. The maximum absolute atomic E-state index is 9.82. The third-order valence-electron chi connectivity index (χ3n) is 1.13. The van der Waals surface area contributed by atoms with E-state index in [4.69, 9.17) is 1.37 Å². The fourth-order valence-corrected chi connectivity index (χ4v) is 0.617. The van der Waals surface area contributed by atoms with Crippen molar-refractivity contribution in [2.24, 2.45) is 4.99 Å². The largest absolute Gasteiger partial charge is 0.240 e. The molecule has 0 heterocycles. The molecule has 0 spiro atoms. The zero-order chi connectivity index (χ0) is 8.27. The van der Waals surface area contributed by atoms with Crippen LogP contribution in [0.25, 0.3) is 0 Å². The van der Waals surface area contributed by atoms with Crippen molar-refractivity contribution in [3.8, 4) is 0 Å². The van der Waals surface area contributed by atoms with Gasteiger partial charge in [0.2, 0.25) is 6.08 Å². The van der Waals surface area contributed by atoms with Gasteiger partial charge in [-0.05, 0) is 19.1 Å². The maximum atomic E-state index is 9.82. The van der Waals surface area contributed by atoms with Crippen molar-refractivity contribution < 1.29 is 6.17 Å². The number of benzene rings is 1. The van der Waals surface area contributed by atoms with E-state index in [0.717, 1.165) is 5.56 Å². The summed E-state index contributed by atoms with van der Waals surface area (Å²) in [5.41, 5.74) is 1.35. The fourth-order valence-electron chi connectivity index (χ4n) is 0.617. The Labute approximate surface area is 60.6 Å². The van der Waals surface area contributed by atoms with Gasteiger partial charge in [0.25, 0.3) is 0 Å². The van der Waals surface area contributed by atoms with E-state index in [1.54, 1.807) is 12.1 Å². The van der Waals surface area contributed by atoms with Crippen LogP contribution >= 0.6 is 0 Å². The first-order valence-electron chi connectivity index (χ1n) is 3.39. The zero-order valence-electron chi connectivity index (χ0n) is 6.59. The smallest absolute Gasteiger partial charge is 0.211 e. The molecule has 1 aromatic carbocycles. The van der Waals surface area contributed by atoms with Crippen LogP contribution in [0.15, 0.2) is 29.2 Å². The number of isocyanates is 1. The molecule has 0 fully saturated rings. The van der Waals surface area contributed by atoms with Crippen LogP contribution in [0.1, 0.15) is 6.93 Å². The first-order valence-corrected chi connectivity index (χ1v) is 2.89. The molecule has 0 radical (unpaired) electrons. The molecule has 0 aromatic heterocycles. The van der Waals surface area contributed by atoms with E-state index in [1.807, 2.05) is 6.92 Å². The molecular weight excluding hydrogens is 126 g/mol. The van der Waals surface area contributed by atoms with Gasteiger partial charge in [-0.2, -0.15) is 4.99 Å². The highest BCUT2D eigenvalue weighted by Gasteiger charge is 1.85. The van der Waals surface area contributed by atoms with Crippen molar-refractivity contribution >= 4 is 11.8 Å². The molecule has 2 nitrogen and oxygen atoms in total. The molecule has 2 heteroatoms. The molecule has 0 atom stereocenters. The maximum Gasteiger partial charge on any atom is 0.240 e. The Morgan fingerprint density at radius 1 is 1.60 bits per heavy atom. The van der Waals surface area contributed by atoms with Crippen LogP contribution < -0.4 is 0 Å². The Kier molecular flexibility index (Phi) is 1.59. The summed E-state index contributed by atoms with van der Waals surface area (Å²) in [5.74, 6) is 0. The first kappa shape index (κ1) is 5.39. The SMILES string of the molecule is [2H]c1cc(N=C=O)ccc1C. The van der Waals surface area contributed by atoms with E-state index in [2.05, 4.69) is 4.99 Å². The van der Waals surface area contributed by atoms with Crippen LogP contribution in [0.2, 0.25) is 0 Å². The summed E-state index contributed by atoms with van der Waals surface area (Å²) in [6.07, 6.45) is 1.42. The van der Waals surface area contributed by atoms with Gasteiger partial charge in [0.1, 0.15) is 0 Å². The minimum Gasteiger partial charge on any atom is -0.211 e. The van der Waals surface area contributed by atoms with Crippen molar-refractivity contribution in [3.63, 3.8) is 0 Å². The topological polar surface area (TPSA) is 29.4 Å². The summed E-state index contributed by atoms with van der Waals surface area (Å²) in [4.78, 5) is 13.2. The summed E-state index contributed by atoms with van der Waals surface area (Å²) in [6, 6.07) is 5.35. The van der Waals surface area contributed by atoms with Gasteiger partial charge in [-0.1, -0.05) is 17.7 Å². The molecule has 0 aliphatic rings. The number of aryl methyl sites for hydroxylation is 1. The van der Waals surface area contributed by atoms with Gasteiger partial charge < -0.3 is 0 Å². The lowest BCUT2D eigenvalue weighted by Gasteiger charge is -1.89. The molecule has 1 aromatic rings. The van der Waals surface area contributed by atoms with Crippen molar-refractivity contribution in [1.82, 2.24) is 0 Å². The van der Waals surface area contributed by atoms with Crippen molar-refractivity contribution in [3.05, 3.63) is 29.8 Å². The number of nitrogens with zero attached hydrogens (tertiary/aromatic N) is 1. The number of aliphatic imine (C=N–C) groups is 1. The zero-order valence-corrected chi connectivity index (χ0v) is 5.59. The summed E-state index contributed by atoms with van der Waals surface area (Å²) < 4.78 is 7.35. The summed E-state index contributed by atoms with van der Waals surface area (Å²) in [6.45, 7) is 1.83. The van der Waals surface area contributed by atoms with Gasteiger partial charge >= 0.3 is 0 Å². The van der Waals surface area contributed by atoms with E-state index in [1.165, 1.54) is 12.1 Å². The van der Waals surface area contributed by atoms with Crippen molar-refractivity contribution in [2.45, 2.75) is 6.92 Å². The minimum absolute atomic E-state index is 0.390. The molecule has 0 aliphatic heterocycles. The van der Waals surface area contributed by atoms with Crippen LogP contribution in [0.3, 0.4) is 0 Å². The molecule has 0 saturated heterocycles. The molecule has 0 bridgehead atoms. The summed E-state index contributed by atoms with van der Waals surface area (Å²) >= 11 is 0. The molecular formula is C8H7NO. The highest BCUT2D eigenvalue weighted by atomic mass is 16.1. The van der Waals surface area contributed by atoms with Crippen LogP contribution in [0.5, 0.6) is 0 Å². The summed E-state index contributed by atoms with van der Waals surface area (Å²) in [5, 5.41) is 0. The Morgan fingerprint density at radius 3 is 3.00 bits per heavy atom. The van der Waals surface area contributed by atoms with Gasteiger partial charge in [-0.3, -0.25) is 0 Å². The Bertz CT molecular complexity index is 316. The average molecular weight is 134 g/mol. The van der Waals surface area contributed by atoms with Gasteiger partial charge in [-0.15, -0.1) is 0 Å². The second-order valence-corrected chi connectivity index (χ2v) is 1.93. The standard InChI is InChI=1S/C8H7NO/c1-7-2-4-8(5-3-7)9-6-10/h2-5H,1H3/i2D. The van der Waals surface area contributed by atoms with Gasteiger partial charge in [0.15, 0.2) is 0 Å². The van der Waals surface area contributed by atoms with E-state index in [-0.39, 0.29) is 0 Å². The van der Waals surface area contributed by atoms with E-state index in [9.17, 15) is 4.79 Å². The minimum atomic E-state index is 0.390. The number of rotatable bonds is 1. The second-order valence-electron chi connectivity index (χ2n) is 1.93. The highest BCUT2D eigenvalue weighted by molar-refractivity contribution is 5.48. The monoisotopic (exact) mass is 134 g/mol. The van der Waals surface area contributed by atoms with Gasteiger partial charge in [-0.25, -0.2) is 4.79 Å². The molecule has 0 amide bonds. The van der Waals surface area contributed by atoms with Crippen LogP contribution in [-0.2, 0) is 4.79 Å². The van der Waals surface area contributed by atoms with Gasteiger partial charge in [0, 0.05) is 0 Å². The van der Waals surface area contributed by atoms with Crippen LogP contribution in [-0.4, -0.2) is 6.08 Å². The lowest BCUT2D eigenvalue weighted by Crippen LogP contribution is -1.67. The third-order valence-corrected chi connectivity index (χ3v) is 1.13. The molecule has 0 unspecified atom stereocenters. The van der Waals surface area contributed by atoms with Crippen molar-refractivity contribution in [1.29, 1.82) is 0 Å². The highest BCUT2D eigenvalue weighted by Crippen LogP contribution is 2.10. The van der Waals surface area contributed by atoms with E-state index in [0.29, 0.717) is 11.7 Å².